The Bertz CT molecular complexity index is 1250. The molecule has 12 heteroatoms. The van der Waals surface area contributed by atoms with Crippen molar-refractivity contribution in [1.82, 2.24) is 29.7 Å². The smallest absolute Gasteiger partial charge is 0.288 e. The molecule has 0 aliphatic carbocycles. The normalized spacial score (nSPS) is 17.2. The number of carbonyl (C=O) groups is 1. The molecule has 0 atom stereocenters. The van der Waals surface area contributed by atoms with Crippen molar-refractivity contribution in [1.29, 1.82) is 0 Å². The van der Waals surface area contributed by atoms with Crippen LogP contribution in [0.2, 0.25) is 0 Å². The Morgan fingerprint density at radius 2 is 1.83 bits per heavy atom. The maximum Gasteiger partial charge on any atom is 0.288 e. The van der Waals surface area contributed by atoms with Crippen LogP contribution in [0.3, 0.4) is 0 Å². The summed E-state index contributed by atoms with van der Waals surface area (Å²) in [4.78, 5) is 37.5. The molecule has 3 aromatic rings. The summed E-state index contributed by atoms with van der Waals surface area (Å²) in [6.45, 7) is 11.6. The first-order valence-corrected chi connectivity index (χ1v) is 12.3. The van der Waals surface area contributed by atoms with Crippen LogP contribution in [0.15, 0.2) is 24.7 Å². The van der Waals surface area contributed by atoms with Crippen molar-refractivity contribution in [2.45, 2.75) is 13.5 Å². The molecule has 5 heterocycles. The van der Waals surface area contributed by atoms with Gasteiger partial charge in [-0.1, -0.05) is 6.58 Å². The Hall–Kier alpha value is -3.35. The molecule has 0 aromatic carbocycles. The van der Waals surface area contributed by atoms with Gasteiger partial charge >= 0.3 is 0 Å². The molecule has 2 aliphatic heterocycles. The van der Waals surface area contributed by atoms with E-state index in [2.05, 4.69) is 33.3 Å². The number of hydrogen-bond donors (Lipinski definition) is 2. The second kappa shape index (κ2) is 9.72. The van der Waals surface area contributed by atoms with Crippen molar-refractivity contribution >= 4 is 39.2 Å². The molecule has 3 N–H and O–H groups in total. The number of nitrogens with zero attached hydrogens (tertiary/aromatic N) is 7. The Balaban J connectivity index is 1.46. The van der Waals surface area contributed by atoms with Crippen molar-refractivity contribution in [3.8, 4) is 11.4 Å². The van der Waals surface area contributed by atoms with Crippen molar-refractivity contribution in [3.05, 3.63) is 35.2 Å². The average molecular weight is 497 g/mol. The molecule has 1 amide bonds. The van der Waals surface area contributed by atoms with E-state index in [1.165, 1.54) is 4.88 Å². The predicted octanol–water partition coefficient (Wildman–Crippen LogP) is 1.59. The van der Waals surface area contributed by atoms with Crippen LogP contribution in [0.25, 0.3) is 21.6 Å². The van der Waals surface area contributed by atoms with Gasteiger partial charge in [0.25, 0.3) is 5.91 Å². The maximum atomic E-state index is 12.0. The molecule has 3 aromatic heterocycles. The third-order valence-electron chi connectivity index (χ3n) is 6.36. The minimum atomic E-state index is -0.407. The van der Waals surface area contributed by atoms with Gasteiger partial charge in [-0.3, -0.25) is 9.69 Å². The third kappa shape index (κ3) is 4.77. The molecule has 2 saturated heterocycles. The molecular weight excluding hydrogens is 468 g/mol. The highest BCUT2D eigenvalue weighted by Gasteiger charge is 2.26. The minimum Gasteiger partial charge on any atom is -0.503 e. The van der Waals surface area contributed by atoms with Crippen molar-refractivity contribution in [2.75, 3.05) is 63.1 Å². The monoisotopic (exact) mass is 496 g/mol. The van der Waals surface area contributed by atoms with Gasteiger partial charge in [0.2, 0.25) is 5.95 Å². The van der Waals surface area contributed by atoms with Crippen LogP contribution in [-0.4, -0.2) is 93.2 Å². The lowest BCUT2D eigenvalue weighted by atomic mass is 10.2. The first kappa shape index (κ1) is 23.4. The fourth-order valence-electron chi connectivity index (χ4n) is 4.34. The Morgan fingerprint density at radius 3 is 2.49 bits per heavy atom. The van der Waals surface area contributed by atoms with Crippen molar-refractivity contribution < 1.29 is 14.6 Å². The van der Waals surface area contributed by atoms with Gasteiger partial charge in [-0.05, 0) is 12.5 Å². The van der Waals surface area contributed by atoms with Gasteiger partial charge in [-0.25, -0.2) is 19.9 Å². The lowest BCUT2D eigenvalue weighted by molar-refractivity contribution is -0.131. The molecule has 5 rings (SSSR count). The second-order valence-corrected chi connectivity index (χ2v) is 9.75. The number of fused-ring (bicyclic) bond motifs is 1. The summed E-state index contributed by atoms with van der Waals surface area (Å²) in [6.07, 6.45) is 3.30. The highest BCUT2D eigenvalue weighted by atomic mass is 32.1. The van der Waals surface area contributed by atoms with Crippen LogP contribution in [0.5, 0.6) is 0 Å². The zero-order chi connectivity index (χ0) is 24.5. The van der Waals surface area contributed by atoms with Gasteiger partial charge < -0.3 is 25.4 Å². The van der Waals surface area contributed by atoms with E-state index in [1.807, 2.05) is 0 Å². The number of ether oxygens (including phenoxy) is 1. The molecule has 0 unspecified atom stereocenters. The number of piperazine rings is 1. The summed E-state index contributed by atoms with van der Waals surface area (Å²) < 4.78 is 6.62. The number of aromatic nitrogens is 4. The largest absolute Gasteiger partial charge is 0.503 e. The van der Waals surface area contributed by atoms with Gasteiger partial charge in [0, 0.05) is 63.1 Å². The van der Waals surface area contributed by atoms with Crippen molar-refractivity contribution in [3.63, 3.8) is 0 Å². The van der Waals surface area contributed by atoms with Gasteiger partial charge in [-0.15, -0.1) is 11.3 Å². The van der Waals surface area contributed by atoms with E-state index < -0.39 is 11.7 Å². The number of carbonyl (C=O) groups excluding carboxylic acids is 1. The van der Waals surface area contributed by atoms with Crippen molar-refractivity contribution in [2.24, 2.45) is 0 Å². The Kier molecular flexibility index (Phi) is 6.50. The average Bonchev–Trinajstić information content (AvgIpc) is 3.19. The van der Waals surface area contributed by atoms with Gasteiger partial charge in [-0.2, -0.15) is 0 Å². The Labute approximate surface area is 206 Å². The van der Waals surface area contributed by atoms with E-state index in [9.17, 15) is 9.90 Å². The summed E-state index contributed by atoms with van der Waals surface area (Å²) in [5, 5.41) is 9.41. The predicted molar refractivity (Wildman–Crippen MR) is 134 cm³/mol. The number of anilines is 2. The fraction of sp³-hybridized carbons (Fsp3) is 0.435. The summed E-state index contributed by atoms with van der Waals surface area (Å²) in [7, 11) is 0. The molecule has 11 nitrogen and oxygen atoms in total. The van der Waals surface area contributed by atoms with E-state index in [0.29, 0.717) is 37.7 Å². The summed E-state index contributed by atoms with van der Waals surface area (Å²) >= 11 is 1.72. The molecule has 0 saturated carbocycles. The summed E-state index contributed by atoms with van der Waals surface area (Å²) in [5.41, 5.74) is 8.44. The lowest BCUT2D eigenvalue weighted by Crippen LogP contribution is -2.48. The zero-order valence-electron chi connectivity index (χ0n) is 19.6. The number of amides is 1. The number of aliphatic hydroxyl groups is 1. The quantitative estimate of drug-likeness (QED) is 0.396. The maximum absolute atomic E-state index is 12.0. The van der Waals surface area contributed by atoms with Gasteiger partial charge in [0.05, 0.1) is 29.0 Å². The number of morpholine rings is 1. The standard InChI is InChI=1S/C23H28N8O3S/c1-14-17(13-29-3-5-31(6-4-29)22(33)15(2)32)35-19-18(14)27-20(16-11-25-23(24)26-12-16)28-21(19)30-7-9-34-10-8-30/h11-12,32H,2-10,13H2,1H3,(H2,24,25,26). The number of rotatable bonds is 5. The fourth-order valence-corrected chi connectivity index (χ4v) is 5.64. The van der Waals surface area contributed by atoms with Crippen LogP contribution in [0.1, 0.15) is 10.4 Å². The number of aliphatic hydroxyl groups excluding tert-OH is 1. The SMILES string of the molecule is C=C(O)C(=O)N1CCN(Cc2sc3c(N4CCOCC4)nc(-c4cnc(N)nc4)nc3c2C)CC1. The molecule has 0 spiro atoms. The molecular formula is C23H28N8O3S. The van der Waals surface area contributed by atoms with Crippen LogP contribution in [0, 0.1) is 6.92 Å². The van der Waals surface area contributed by atoms with Crippen LogP contribution >= 0.6 is 11.3 Å². The highest BCUT2D eigenvalue weighted by Crippen LogP contribution is 2.38. The van der Waals surface area contributed by atoms with E-state index in [1.54, 1.807) is 28.6 Å². The minimum absolute atomic E-state index is 0.210. The van der Waals surface area contributed by atoms with E-state index in [-0.39, 0.29) is 5.95 Å². The van der Waals surface area contributed by atoms with E-state index in [0.717, 1.165) is 54.3 Å². The molecule has 184 valence electrons. The third-order valence-corrected chi connectivity index (χ3v) is 7.62. The molecule has 2 aliphatic rings. The van der Waals surface area contributed by atoms with Crippen LogP contribution in [0.4, 0.5) is 11.8 Å². The number of thiophene rings is 1. The summed E-state index contributed by atoms with van der Waals surface area (Å²) in [5.74, 6) is 0.883. The van der Waals surface area contributed by atoms with Crippen LogP contribution < -0.4 is 10.6 Å². The second-order valence-electron chi connectivity index (χ2n) is 8.64. The zero-order valence-corrected chi connectivity index (χ0v) is 20.4. The van der Waals surface area contributed by atoms with Gasteiger partial charge in [0.15, 0.2) is 17.4 Å². The molecule has 2 fully saturated rings. The number of hydrogen-bond acceptors (Lipinski definition) is 11. The first-order chi connectivity index (χ1) is 16.9. The molecule has 35 heavy (non-hydrogen) atoms. The first-order valence-electron chi connectivity index (χ1n) is 11.5. The topological polar surface area (TPSA) is 134 Å². The lowest BCUT2D eigenvalue weighted by Gasteiger charge is -2.34. The number of nitrogens with two attached hydrogens (primary N) is 1. The van der Waals surface area contributed by atoms with Gasteiger partial charge in [0.1, 0.15) is 0 Å². The highest BCUT2D eigenvalue weighted by molar-refractivity contribution is 7.19. The molecule has 0 bridgehead atoms. The van der Waals surface area contributed by atoms with E-state index >= 15 is 0 Å². The number of aryl methyl sites for hydroxylation is 1. The molecule has 0 radical (unpaired) electrons. The Morgan fingerprint density at radius 1 is 1.14 bits per heavy atom. The van der Waals surface area contributed by atoms with E-state index in [4.69, 9.17) is 20.4 Å². The summed E-state index contributed by atoms with van der Waals surface area (Å²) in [6, 6.07) is 0. The van der Waals surface area contributed by atoms with Crippen LogP contribution in [-0.2, 0) is 16.1 Å². The number of nitrogen functional groups attached to an aromatic ring is 1.